The molecule has 0 fully saturated rings. The Kier molecular flexibility index (Phi) is 3.84. The number of nitrogens with one attached hydrogen (secondary N) is 1. The van der Waals surface area contributed by atoms with Crippen molar-refractivity contribution in [3.05, 3.63) is 63.5 Å². The third kappa shape index (κ3) is 3.14. The predicted octanol–water partition coefficient (Wildman–Crippen LogP) is 3.00. The van der Waals surface area contributed by atoms with E-state index in [2.05, 4.69) is 5.32 Å². The van der Waals surface area contributed by atoms with Crippen molar-refractivity contribution in [1.82, 2.24) is 0 Å². The SMILES string of the molecule is Cc1ccc(NC(=O)c2ccc([N+](=O)[O-])c(O)c2)c(F)c1. The molecule has 6 nitrogen and oxygen atoms in total. The van der Waals surface area contributed by atoms with Crippen molar-refractivity contribution >= 4 is 17.3 Å². The zero-order chi connectivity index (χ0) is 15.6. The van der Waals surface area contributed by atoms with E-state index in [0.717, 1.165) is 12.1 Å². The standard InChI is InChI=1S/C14H11FN2O4/c1-8-2-4-11(10(15)6-8)16-14(19)9-3-5-12(17(20)21)13(18)7-9/h2-7,18H,1H3,(H,16,19). The molecule has 108 valence electrons. The van der Waals surface area contributed by atoms with Crippen molar-refractivity contribution in [2.45, 2.75) is 6.92 Å². The van der Waals surface area contributed by atoms with Gasteiger partial charge in [-0.25, -0.2) is 4.39 Å². The number of aryl methyl sites for hydroxylation is 1. The summed E-state index contributed by atoms with van der Waals surface area (Å²) in [5.41, 5.74) is 0.174. The van der Waals surface area contributed by atoms with Crippen LogP contribution in [0.5, 0.6) is 5.75 Å². The summed E-state index contributed by atoms with van der Waals surface area (Å²) in [5, 5.41) is 22.4. The molecule has 0 aromatic heterocycles. The number of rotatable bonds is 3. The van der Waals surface area contributed by atoms with E-state index in [-0.39, 0.29) is 11.3 Å². The second-order valence-electron chi connectivity index (χ2n) is 4.40. The smallest absolute Gasteiger partial charge is 0.310 e. The van der Waals surface area contributed by atoms with Crippen LogP contribution in [0.3, 0.4) is 0 Å². The monoisotopic (exact) mass is 290 g/mol. The summed E-state index contributed by atoms with van der Waals surface area (Å²) < 4.78 is 13.6. The molecule has 0 heterocycles. The normalized spacial score (nSPS) is 10.2. The maximum absolute atomic E-state index is 13.6. The highest BCUT2D eigenvalue weighted by Crippen LogP contribution is 2.26. The van der Waals surface area contributed by atoms with Gasteiger partial charge in [-0.3, -0.25) is 14.9 Å². The number of nitrogens with zero attached hydrogens (tertiary/aromatic N) is 1. The van der Waals surface area contributed by atoms with E-state index >= 15 is 0 Å². The molecule has 0 spiro atoms. The van der Waals surface area contributed by atoms with Gasteiger partial charge in [-0.1, -0.05) is 6.07 Å². The molecule has 0 aliphatic rings. The van der Waals surface area contributed by atoms with Crippen LogP contribution in [0.15, 0.2) is 36.4 Å². The van der Waals surface area contributed by atoms with Crippen LogP contribution in [0.1, 0.15) is 15.9 Å². The van der Waals surface area contributed by atoms with Crippen LogP contribution < -0.4 is 5.32 Å². The van der Waals surface area contributed by atoms with E-state index in [1.54, 1.807) is 13.0 Å². The first kappa shape index (κ1) is 14.4. The minimum Gasteiger partial charge on any atom is -0.502 e. The fourth-order valence-corrected chi connectivity index (χ4v) is 1.74. The summed E-state index contributed by atoms with van der Waals surface area (Å²) in [5.74, 6) is -1.89. The number of halogens is 1. The van der Waals surface area contributed by atoms with Crippen LogP contribution in [0.4, 0.5) is 15.8 Å². The Balaban J connectivity index is 2.24. The number of nitro benzene ring substituents is 1. The van der Waals surface area contributed by atoms with Gasteiger partial charge in [0.2, 0.25) is 0 Å². The number of anilines is 1. The topological polar surface area (TPSA) is 92.5 Å². The van der Waals surface area contributed by atoms with Crippen LogP contribution in [-0.2, 0) is 0 Å². The highest BCUT2D eigenvalue weighted by Gasteiger charge is 2.16. The van der Waals surface area contributed by atoms with Crippen molar-refractivity contribution in [3.8, 4) is 5.75 Å². The summed E-state index contributed by atoms with van der Waals surface area (Å²) in [4.78, 5) is 21.7. The van der Waals surface area contributed by atoms with Crippen LogP contribution >= 0.6 is 0 Å². The van der Waals surface area contributed by atoms with E-state index in [1.807, 2.05) is 0 Å². The summed E-state index contributed by atoms with van der Waals surface area (Å²) in [7, 11) is 0. The van der Waals surface area contributed by atoms with Gasteiger partial charge in [0.25, 0.3) is 5.91 Å². The van der Waals surface area contributed by atoms with Gasteiger partial charge in [0.15, 0.2) is 5.75 Å². The molecule has 0 unspecified atom stereocenters. The molecular weight excluding hydrogens is 279 g/mol. The van der Waals surface area contributed by atoms with Crippen molar-refractivity contribution in [1.29, 1.82) is 0 Å². The first-order valence-corrected chi connectivity index (χ1v) is 5.93. The number of nitro groups is 1. The molecule has 2 N–H and O–H groups in total. The lowest BCUT2D eigenvalue weighted by Gasteiger charge is -2.07. The number of benzene rings is 2. The average molecular weight is 290 g/mol. The molecule has 2 aromatic carbocycles. The van der Waals surface area contributed by atoms with Gasteiger partial charge < -0.3 is 10.4 Å². The van der Waals surface area contributed by atoms with Gasteiger partial charge >= 0.3 is 5.69 Å². The number of hydrogen-bond acceptors (Lipinski definition) is 4. The molecule has 0 aliphatic heterocycles. The Morgan fingerprint density at radius 1 is 1.29 bits per heavy atom. The Labute approximate surface area is 119 Å². The lowest BCUT2D eigenvalue weighted by atomic mass is 10.1. The molecule has 0 bridgehead atoms. The third-order valence-electron chi connectivity index (χ3n) is 2.81. The zero-order valence-electron chi connectivity index (χ0n) is 11.0. The fourth-order valence-electron chi connectivity index (χ4n) is 1.74. The number of phenolic OH excluding ortho intramolecular Hbond substituents is 1. The van der Waals surface area contributed by atoms with Gasteiger partial charge in [0.05, 0.1) is 10.6 Å². The van der Waals surface area contributed by atoms with E-state index in [1.165, 1.54) is 18.2 Å². The molecule has 0 saturated carbocycles. The molecule has 7 heteroatoms. The van der Waals surface area contributed by atoms with E-state index in [0.29, 0.717) is 5.56 Å². The average Bonchev–Trinajstić information content (AvgIpc) is 2.41. The Morgan fingerprint density at radius 2 is 2.00 bits per heavy atom. The van der Waals surface area contributed by atoms with E-state index in [4.69, 9.17) is 0 Å². The second-order valence-corrected chi connectivity index (χ2v) is 4.40. The van der Waals surface area contributed by atoms with E-state index < -0.39 is 28.1 Å². The highest BCUT2D eigenvalue weighted by atomic mass is 19.1. The summed E-state index contributed by atoms with van der Waals surface area (Å²) >= 11 is 0. The number of aromatic hydroxyl groups is 1. The summed E-state index contributed by atoms with van der Waals surface area (Å²) in [6.45, 7) is 1.71. The molecule has 2 aromatic rings. The number of amides is 1. The van der Waals surface area contributed by atoms with Gasteiger partial charge in [0.1, 0.15) is 5.82 Å². The number of carbonyl (C=O) groups excluding carboxylic acids is 1. The summed E-state index contributed by atoms with van der Waals surface area (Å²) in [6, 6.07) is 7.46. The summed E-state index contributed by atoms with van der Waals surface area (Å²) in [6.07, 6.45) is 0. The Hall–Kier alpha value is -2.96. The number of phenols is 1. The second kappa shape index (κ2) is 5.58. The highest BCUT2D eigenvalue weighted by molar-refractivity contribution is 6.04. The Morgan fingerprint density at radius 3 is 2.57 bits per heavy atom. The molecule has 0 saturated heterocycles. The van der Waals surface area contributed by atoms with Crippen molar-refractivity contribution in [2.24, 2.45) is 0 Å². The molecule has 0 radical (unpaired) electrons. The largest absolute Gasteiger partial charge is 0.502 e. The van der Waals surface area contributed by atoms with E-state index in [9.17, 15) is 24.4 Å². The van der Waals surface area contributed by atoms with Crippen LogP contribution in [0.25, 0.3) is 0 Å². The maximum atomic E-state index is 13.6. The fraction of sp³-hybridized carbons (Fsp3) is 0.0714. The first-order chi connectivity index (χ1) is 9.88. The zero-order valence-corrected chi connectivity index (χ0v) is 11.0. The number of hydrogen-bond donors (Lipinski definition) is 2. The minimum absolute atomic E-state index is 0.0107. The molecular formula is C14H11FN2O4. The lowest BCUT2D eigenvalue weighted by molar-refractivity contribution is -0.385. The lowest BCUT2D eigenvalue weighted by Crippen LogP contribution is -2.13. The molecule has 0 aliphatic carbocycles. The maximum Gasteiger partial charge on any atom is 0.310 e. The van der Waals surface area contributed by atoms with Crippen molar-refractivity contribution in [2.75, 3.05) is 5.32 Å². The third-order valence-corrected chi connectivity index (χ3v) is 2.81. The van der Waals surface area contributed by atoms with Gasteiger partial charge in [-0.05, 0) is 36.8 Å². The van der Waals surface area contributed by atoms with Crippen molar-refractivity contribution in [3.63, 3.8) is 0 Å². The van der Waals surface area contributed by atoms with Gasteiger partial charge in [-0.2, -0.15) is 0 Å². The van der Waals surface area contributed by atoms with Crippen LogP contribution in [0.2, 0.25) is 0 Å². The molecule has 2 rings (SSSR count). The van der Waals surface area contributed by atoms with Crippen LogP contribution in [-0.4, -0.2) is 15.9 Å². The Bertz CT molecular complexity index is 731. The van der Waals surface area contributed by atoms with Gasteiger partial charge in [0, 0.05) is 11.6 Å². The van der Waals surface area contributed by atoms with Crippen LogP contribution in [0, 0.1) is 22.9 Å². The molecule has 1 amide bonds. The molecule has 21 heavy (non-hydrogen) atoms. The van der Waals surface area contributed by atoms with Crippen molar-refractivity contribution < 1.29 is 19.2 Å². The van der Waals surface area contributed by atoms with Gasteiger partial charge in [-0.15, -0.1) is 0 Å². The predicted molar refractivity (Wildman–Crippen MR) is 73.9 cm³/mol. The minimum atomic E-state index is -0.767. The quantitative estimate of drug-likeness (QED) is 0.671. The first-order valence-electron chi connectivity index (χ1n) is 5.93. The molecule has 0 atom stereocenters. The number of carbonyl (C=O) groups is 1.